The van der Waals surface area contributed by atoms with Gasteiger partial charge >= 0.3 is 0 Å². The predicted octanol–water partition coefficient (Wildman–Crippen LogP) is 3.17. The van der Waals surface area contributed by atoms with Crippen LogP contribution in [0, 0.1) is 17.8 Å². The molecule has 1 atom stereocenters. The Hall–Kier alpha value is -0.0800. The van der Waals surface area contributed by atoms with E-state index in [2.05, 4.69) is 25.7 Å². The molecule has 0 spiro atoms. The quantitative estimate of drug-likeness (QED) is 0.730. The fourth-order valence-electron chi connectivity index (χ4n) is 3.23. The number of ether oxygens (including phenoxy) is 1. The summed E-state index contributed by atoms with van der Waals surface area (Å²) >= 11 is 0. The van der Waals surface area contributed by atoms with Gasteiger partial charge in [-0.2, -0.15) is 0 Å². The van der Waals surface area contributed by atoms with Crippen LogP contribution in [0.2, 0.25) is 0 Å². The van der Waals surface area contributed by atoms with Crippen molar-refractivity contribution in [3.05, 3.63) is 0 Å². The van der Waals surface area contributed by atoms with Crippen molar-refractivity contribution in [3.63, 3.8) is 0 Å². The van der Waals surface area contributed by atoms with Crippen LogP contribution in [0.15, 0.2) is 0 Å². The van der Waals surface area contributed by atoms with Crippen molar-refractivity contribution in [1.29, 1.82) is 0 Å². The average Bonchev–Trinajstić information content (AvgIpc) is 2.27. The second-order valence-electron chi connectivity index (χ2n) is 6.30. The number of likely N-dealkylation sites (N-methyl/N-ethyl adjacent to an activating group) is 1. The van der Waals surface area contributed by atoms with Crippen molar-refractivity contribution in [3.8, 4) is 0 Å². The first-order valence-electron chi connectivity index (χ1n) is 7.53. The molecule has 17 heavy (non-hydrogen) atoms. The molecule has 0 amide bonds. The van der Waals surface area contributed by atoms with Crippen molar-refractivity contribution in [2.45, 2.75) is 52.6 Å². The summed E-state index contributed by atoms with van der Waals surface area (Å²) in [7, 11) is 0. The van der Waals surface area contributed by atoms with Crippen LogP contribution in [0.4, 0.5) is 0 Å². The van der Waals surface area contributed by atoms with Crippen molar-refractivity contribution in [1.82, 2.24) is 4.90 Å². The molecular weight excluding hydrogens is 210 g/mol. The van der Waals surface area contributed by atoms with E-state index in [0.717, 1.165) is 37.5 Å². The molecule has 2 heteroatoms. The van der Waals surface area contributed by atoms with Gasteiger partial charge in [0.15, 0.2) is 0 Å². The topological polar surface area (TPSA) is 12.5 Å². The lowest BCUT2D eigenvalue weighted by atomic mass is 9.68. The molecule has 0 N–H and O–H groups in total. The maximum atomic E-state index is 5.86. The monoisotopic (exact) mass is 239 g/mol. The Morgan fingerprint density at radius 1 is 1.24 bits per heavy atom. The molecule has 1 aliphatic heterocycles. The van der Waals surface area contributed by atoms with Gasteiger partial charge in [0.2, 0.25) is 0 Å². The van der Waals surface area contributed by atoms with Gasteiger partial charge in [-0.25, -0.2) is 0 Å². The Bertz CT molecular complexity index is 223. The molecule has 1 aliphatic carbocycles. The van der Waals surface area contributed by atoms with E-state index in [9.17, 15) is 0 Å². The molecule has 0 radical (unpaired) electrons. The molecule has 100 valence electrons. The van der Waals surface area contributed by atoms with Crippen LogP contribution >= 0.6 is 0 Å². The first-order valence-corrected chi connectivity index (χ1v) is 7.53. The molecule has 0 bridgehead atoms. The van der Waals surface area contributed by atoms with Gasteiger partial charge in [0.05, 0.1) is 12.7 Å². The summed E-state index contributed by atoms with van der Waals surface area (Å²) in [6.45, 7) is 11.4. The molecule has 1 heterocycles. The number of rotatable bonds is 5. The van der Waals surface area contributed by atoms with Crippen LogP contribution in [-0.2, 0) is 4.74 Å². The Labute approximate surface area is 107 Å². The minimum Gasteiger partial charge on any atom is -0.376 e. The number of nitrogens with zero attached hydrogens (tertiary/aromatic N) is 1. The minimum atomic E-state index is 0.516. The Morgan fingerprint density at radius 3 is 2.65 bits per heavy atom. The lowest BCUT2D eigenvalue weighted by Gasteiger charge is -2.39. The van der Waals surface area contributed by atoms with E-state index in [-0.39, 0.29) is 0 Å². The highest BCUT2D eigenvalue weighted by Gasteiger charge is 2.31. The fourth-order valence-corrected chi connectivity index (χ4v) is 3.23. The van der Waals surface area contributed by atoms with Crippen LogP contribution in [0.5, 0.6) is 0 Å². The van der Waals surface area contributed by atoms with E-state index < -0.39 is 0 Å². The normalized spacial score (nSPS) is 34.9. The van der Waals surface area contributed by atoms with Gasteiger partial charge in [-0.15, -0.1) is 0 Å². The smallest absolute Gasteiger partial charge is 0.0702 e. The number of hydrogen-bond donors (Lipinski definition) is 0. The third kappa shape index (κ3) is 3.69. The first-order chi connectivity index (χ1) is 8.19. The molecule has 1 unspecified atom stereocenters. The molecule has 1 saturated heterocycles. The van der Waals surface area contributed by atoms with Crippen LogP contribution in [0.25, 0.3) is 0 Å². The summed E-state index contributed by atoms with van der Waals surface area (Å²) in [6, 6.07) is 0. The second kappa shape index (κ2) is 6.19. The molecule has 2 aliphatic rings. The SMILES string of the molecule is CCN1CCOC(CCC2CC(C(C)C)C2)C1. The maximum Gasteiger partial charge on any atom is 0.0702 e. The Kier molecular flexibility index (Phi) is 4.87. The average molecular weight is 239 g/mol. The van der Waals surface area contributed by atoms with Gasteiger partial charge < -0.3 is 4.74 Å². The zero-order chi connectivity index (χ0) is 12.3. The van der Waals surface area contributed by atoms with E-state index >= 15 is 0 Å². The standard InChI is InChI=1S/C15H29NO/c1-4-16-7-8-17-15(11-16)6-5-13-9-14(10-13)12(2)3/h12-15H,4-11H2,1-3H3. The zero-order valence-corrected chi connectivity index (χ0v) is 11.8. The molecule has 2 rings (SSSR count). The van der Waals surface area contributed by atoms with Crippen molar-refractivity contribution >= 4 is 0 Å². The summed E-state index contributed by atoms with van der Waals surface area (Å²) in [6.07, 6.45) is 6.14. The minimum absolute atomic E-state index is 0.516. The van der Waals surface area contributed by atoms with Gasteiger partial charge in [-0.3, -0.25) is 4.90 Å². The van der Waals surface area contributed by atoms with Gasteiger partial charge in [0, 0.05) is 13.1 Å². The zero-order valence-electron chi connectivity index (χ0n) is 11.8. The summed E-state index contributed by atoms with van der Waals surface area (Å²) in [5.74, 6) is 2.91. The molecule has 2 fully saturated rings. The Morgan fingerprint density at radius 2 is 2.00 bits per heavy atom. The van der Waals surface area contributed by atoms with Crippen molar-refractivity contribution in [2.24, 2.45) is 17.8 Å². The van der Waals surface area contributed by atoms with E-state index in [1.165, 1.54) is 32.2 Å². The second-order valence-corrected chi connectivity index (χ2v) is 6.30. The van der Waals surface area contributed by atoms with Crippen molar-refractivity contribution < 1.29 is 4.74 Å². The predicted molar refractivity (Wildman–Crippen MR) is 72.1 cm³/mol. The third-order valence-electron chi connectivity index (χ3n) is 4.78. The first kappa shape index (κ1) is 13.4. The maximum absolute atomic E-state index is 5.86. The number of morpholine rings is 1. The molecule has 1 saturated carbocycles. The highest BCUT2D eigenvalue weighted by molar-refractivity contribution is 4.82. The van der Waals surface area contributed by atoms with E-state index in [1.54, 1.807) is 0 Å². The van der Waals surface area contributed by atoms with Crippen LogP contribution in [-0.4, -0.2) is 37.2 Å². The summed E-state index contributed by atoms with van der Waals surface area (Å²) in [5, 5.41) is 0. The van der Waals surface area contributed by atoms with Gasteiger partial charge in [0.1, 0.15) is 0 Å². The van der Waals surface area contributed by atoms with E-state index in [4.69, 9.17) is 4.74 Å². The van der Waals surface area contributed by atoms with Crippen LogP contribution in [0.1, 0.15) is 46.5 Å². The molecule has 2 nitrogen and oxygen atoms in total. The summed E-state index contributed by atoms with van der Waals surface area (Å²) in [5.41, 5.74) is 0. The molecular formula is C15H29NO. The van der Waals surface area contributed by atoms with E-state index in [0.29, 0.717) is 6.10 Å². The largest absolute Gasteiger partial charge is 0.376 e. The van der Waals surface area contributed by atoms with Crippen LogP contribution < -0.4 is 0 Å². The van der Waals surface area contributed by atoms with Gasteiger partial charge in [-0.05, 0) is 50.0 Å². The van der Waals surface area contributed by atoms with Gasteiger partial charge in [0.25, 0.3) is 0 Å². The molecule has 0 aromatic rings. The summed E-state index contributed by atoms with van der Waals surface area (Å²) < 4.78 is 5.86. The number of hydrogen-bond acceptors (Lipinski definition) is 2. The van der Waals surface area contributed by atoms with Gasteiger partial charge in [-0.1, -0.05) is 20.8 Å². The summed E-state index contributed by atoms with van der Waals surface area (Å²) in [4.78, 5) is 2.52. The lowest BCUT2D eigenvalue weighted by Crippen LogP contribution is -2.42. The molecule has 0 aromatic heterocycles. The fraction of sp³-hybridized carbons (Fsp3) is 1.00. The Balaban J connectivity index is 1.59. The highest BCUT2D eigenvalue weighted by Crippen LogP contribution is 2.41. The third-order valence-corrected chi connectivity index (χ3v) is 4.78. The lowest BCUT2D eigenvalue weighted by molar-refractivity contribution is -0.0362. The van der Waals surface area contributed by atoms with Crippen LogP contribution in [0.3, 0.4) is 0 Å². The van der Waals surface area contributed by atoms with E-state index in [1.807, 2.05) is 0 Å². The molecule has 0 aromatic carbocycles. The van der Waals surface area contributed by atoms with Crippen molar-refractivity contribution in [2.75, 3.05) is 26.2 Å². The highest BCUT2D eigenvalue weighted by atomic mass is 16.5.